The van der Waals surface area contributed by atoms with Crippen LogP contribution in [0.4, 0.5) is 0 Å². The van der Waals surface area contributed by atoms with Crippen LogP contribution in [0.1, 0.15) is 31.7 Å². The van der Waals surface area contributed by atoms with Gasteiger partial charge < -0.3 is 5.32 Å². The van der Waals surface area contributed by atoms with E-state index in [1.54, 1.807) is 6.20 Å². The molecular weight excluding hydrogens is 260 g/mol. The van der Waals surface area contributed by atoms with Crippen molar-refractivity contribution in [2.24, 2.45) is 0 Å². The molecule has 1 N–H and O–H groups in total. The Hall–Kier alpha value is -0.940. The van der Waals surface area contributed by atoms with Crippen LogP contribution in [0.5, 0.6) is 0 Å². The monoisotopic (exact) mass is 284 g/mol. The number of pyridine rings is 1. The van der Waals surface area contributed by atoms with Crippen molar-refractivity contribution >= 4 is 9.84 Å². The number of nitrogens with one attached hydrogen (secondary N) is 1. The summed E-state index contributed by atoms with van der Waals surface area (Å²) in [6.07, 6.45) is 8.50. The highest BCUT2D eigenvalue weighted by atomic mass is 32.2. The van der Waals surface area contributed by atoms with Crippen molar-refractivity contribution in [2.45, 2.75) is 38.6 Å². The summed E-state index contributed by atoms with van der Waals surface area (Å²) in [5, 5.41) is 3.48. The smallest absolute Gasteiger partial charge is 0.147 e. The summed E-state index contributed by atoms with van der Waals surface area (Å²) >= 11 is 0. The van der Waals surface area contributed by atoms with E-state index in [1.165, 1.54) is 11.8 Å². The van der Waals surface area contributed by atoms with Crippen LogP contribution in [0.2, 0.25) is 0 Å². The fraction of sp³-hybridized carbons (Fsp3) is 0.643. The zero-order chi connectivity index (χ0) is 14.1. The van der Waals surface area contributed by atoms with E-state index in [4.69, 9.17) is 0 Å². The average molecular weight is 284 g/mol. The van der Waals surface area contributed by atoms with Gasteiger partial charge in [-0.15, -0.1) is 0 Å². The minimum atomic E-state index is -2.85. The van der Waals surface area contributed by atoms with Gasteiger partial charge in [0.25, 0.3) is 0 Å². The van der Waals surface area contributed by atoms with Crippen LogP contribution in [0.15, 0.2) is 24.5 Å². The first kappa shape index (κ1) is 16.1. The zero-order valence-electron chi connectivity index (χ0n) is 11.8. The van der Waals surface area contributed by atoms with E-state index in [2.05, 4.69) is 23.3 Å². The van der Waals surface area contributed by atoms with E-state index in [0.29, 0.717) is 12.5 Å². The quantitative estimate of drug-likeness (QED) is 0.751. The Morgan fingerprint density at radius 2 is 2.21 bits per heavy atom. The molecule has 1 aromatic rings. The molecule has 108 valence electrons. The Bertz CT molecular complexity index is 446. The molecule has 1 aromatic heterocycles. The summed E-state index contributed by atoms with van der Waals surface area (Å²) < 4.78 is 22.3. The van der Waals surface area contributed by atoms with Gasteiger partial charge in [0.2, 0.25) is 0 Å². The second-order valence-electron chi connectivity index (χ2n) is 4.99. The molecule has 0 spiro atoms. The van der Waals surface area contributed by atoms with Gasteiger partial charge in [0.05, 0.1) is 0 Å². The van der Waals surface area contributed by atoms with E-state index in [1.807, 2.05) is 12.3 Å². The first-order chi connectivity index (χ1) is 9.01. The van der Waals surface area contributed by atoms with Crippen molar-refractivity contribution < 1.29 is 8.42 Å². The molecule has 0 amide bonds. The van der Waals surface area contributed by atoms with Crippen LogP contribution in [0.25, 0.3) is 0 Å². The largest absolute Gasteiger partial charge is 0.314 e. The van der Waals surface area contributed by atoms with Gasteiger partial charge in [-0.3, -0.25) is 4.98 Å². The summed E-state index contributed by atoms with van der Waals surface area (Å²) in [5.41, 5.74) is 1.19. The van der Waals surface area contributed by atoms with Gasteiger partial charge in [-0.2, -0.15) is 0 Å². The summed E-state index contributed by atoms with van der Waals surface area (Å²) in [4.78, 5) is 4.11. The Morgan fingerprint density at radius 3 is 2.79 bits per heavy atom. The predicted octanol–water partition coefficient (Wildman–Crippen LogP) is 1.82. The van der Waals surface area contributed by atoms with Gasteiger partial charge in [-0.1, -0.05) is 13.0 Å². The molecule has 1 rings (SSSR count). The molecule has 0 radical (unpaired) electrons. The molecule has 0 bridgehead atoms. The van der Waals surface area contributed by atoms with Crippen LogP contribution >= 0.6 is 0 Å². The molecular formula is C14H24N2O2S. The molecule has 0 saturated heterocycles. The predicted molar refractivity (Wildman–Crippen MR) is 79.0 cm³/mol. The molecule has 1 unspecified atom stereocenters. The van der Waals surface area contributed by atoms with Crippen molar-refractivity contribution in [3.05, 3.63) is 30.1 Å². The van der Waals surface area contributed by atoms with Crippen molar-refractivity contribution in [1.29, 1.82) is 0 Å². The number of sulfone groups is 1. The lowest BCUT2D eigenvalue weighted by Gasteiger charge is -2.18. The molecule has 1 heterocycles. The molecule has 4 nitrogen and oxygen atoms in total. The maximum absolute atomic E-state index is 11.2. The summed E-state index contributed by atoms with van der Waals surface area (Å²) in [7, 11) is -2.85. The van der Waals surface area contributed by atoms with Crippen LogP contribution in [-0.4, -0.2) is 38.0 Å². The third-order valence-corrected chi connectivity index (χ3v) is 3.99. The van der Waals surface area contributed by atoms with Crippen molar-refractivity contribution in [1.82, 2.24) is 10.3 Å². The number of aromatic nitrogens is 1. The second kappa shape index (κ2) is 8.27. The van der Waals surface area contributed by atoms with Crippen molar-refractivity contribution in [3.63, 3.8) is 0 Å². The maximum Gasteiger partial charge on any atom is 0.147 e. The molecule has 0 fully saturated rings. The molecule has 0 aliphatic heterocycles. The van der Waals surface area contributed by atoms with Gasteiger partial charge in [-0.05, 0) is 43.9 Å². The van der Waals surface area contributed by atoms with E-state index in [9.17, 15) is 8.42 Å². The minimum absolute atomic E-state index is 0.268. The van der Waals surface area contributed by atoms with E-state index in [0.717, 1.165) is 25.8 Å². The highest BCUT2D eigenvalue weighted by Crippen LogP contribution is 2.08. The zero-order valence-corrected chi connectivity index (χ0v) is 12.6. The Kier molecular flexibility index (Phi) is 7.02. The summed E-state index contributed by atoms with van der Waals surface area (Å²) in [6.45, 7) is 3.09. The lowest BCUT2D eigenvalue weighted by Crippen LogP contribution is -2.32. The van der Waals surface area contributed by atoms with E-state index >= 15 is 0 Å². The first-order valence-electron chi connectivity index (χ1n) is 6.81. The number of rotatable bonds is 9. The second-order valence-corrected chi connectivity index (χ2v) is 7.25. The van der Waals surface area contributed by atoms with Crippen LogP contribution in [0.3, 0.4) is 0 Å². The number of hydrogen-bond donors (Lipinski definition) is 1. The minimum Gasteiger partial charge on any atom is -0.314 e. The van der Waals surface area contributed by atoms with Gasteiger partial charge in [0.1, 0.15) is 9.84 Å². The first-order valence-corrected chi connectivity index (χ1v) is 8.87. The lowest BCUT2D eigenvalue weighted by molar-refractivity contribution is 0.471. The number of nitrogens with zero attached hydrogens (tertiary/aromatic N) is 1. The highest BCUT2D eigenvalue weighted by molar-refractivity contribution is 7.90. The molecule has 0 saturated carbocycles. The van der Waals surface area contributed by atoms with Crippen molar-refractivity contribution in [2.75, 3.05) is 18.6 Å². The average Bonchev–Trinajstić information content (AvgIpc) is 2.35. The molecule has 0 aromatic carbocycles. The third-order valence-electron chi connectivity index (χ3n) is 2.96. The van der Waals surface area contributed by atoms with Crippen molar-refractivity contribution in [3.8, 4) is 0 Å². The van der Waals surface area contributed by atoms with Crippen LogP contribution in [0, 0.1) is 0 Å². The van der Waals surface area contributed by atoms with E-state index < -0.39 is 9.84 Å². The molecule has 0 aliphatic carbocycles. The summed E-state index contributed by atoms with van der Waals surface area (Å²) in [5.74, 6) is 0.268. The molecule has 0 aliphatic rings. The fourth-order valence-electron chi connectivity index (χ4n) is 2.02. The summed E-state index contributed by atoms with van der Waals surface area (Å²) in [6, 6.07) is 4.32. The Labute approximate surface area is 116 Å². The Morgan fingerprint density at radius 1 is 1.42 bits per heavy atom. The molecule has 19 heavy (non-hydrogen) atoms. The topological polar surface area (TPSA) is 59.1 Å². The molecule has 5 heteroatoms. The van der Waals surface area contributed by atoms with Crippen LogP contribution < -0.4 is 5.32 Å². The number of hydrogen-bond acceptors (Lipinski definition) is 4. The van der Waals surface area contributed by atoms with Crippen LogP contribution in [-0.2, 0) is 16.3 Å². The third kappa shape index (κ3) is 7.95. The lowest BCUT2D eigenvalue weighted by atomic mass is 10.0. The van der Waals surface area contributed by atoms with Gasteiger partial charge in [0, 0.05) is 30.4 Å². The normalized spacial score (nSPS) is 13.4. The van der Waals surface area contributed by atoms with Gasteiger partial charge in [0.15, 0.2) is 0 Å². The SMILES string of the molecule is CCCNC(CCCS(C)(=O)=O)Cc1cccnc1. The highest BCUT2D eigenvalue weighted by Gasteiger charge is 2.10. The standard InChI is InChI=1S/C14H24N2O2S/c1-3-8-16-14(7-5-10-19(2,17)18)11-13-6-4-9-15-12-13/h4,6,9,12,14,16H,3,5,7-8,10-11H2,1-2H3. The van der Waals surface area contributed by atoms with Gasteiger partial charge in [-0.25, -0.2) is 8.42 Å². The fourth-order valence-corrected chi connectivity index (χ4v) is 2.71. The Balaban J connectivity index is 2.47. The van der Waals surface area contributed by atoms with Gasteiger partial charge >= 0.3 is 0 Å². The maximum atomic E-state index is 11.2. The van der Waals surface area contributed by atoms with E-state index in [-0.39, 0.29) is 5.75 Å². The molecule has 1 atom stereocenters.